The average molecular weight is 327 g/mol. The summed E-state index contributed by atoms with van der Waals surface area (Å²) >= 11 is 0. The lowest BCUT2D eigenvalue weighted by molar-refractivity contribution is -0.523. The summed E-state index contributed by atoms with van der Waals surface area (Å²) in [6.45, 7) is 0. The van der Waals surface area contributed by atoms with Crippen LogP contribution < -0.4 is 5.73 Å². The highest BCUT2D eigenvalue weighted by Crippen LogP contribution is 2.31. The van der Waals surface area contributed by atoms with Crippen LogP contribution in [0.1, 0.15) is 0 Å². The normalized spacial score (nSPS) is 13.1. The first-order chi connectivity index (χ1) is 5.75. The number of hydrogen-bond acceptors (Lipinski definition) is 10. The van der Waals surface area contributed by atoms with Crippen LogP contribution >= 0.6 is 37.2 Å². The van der Waals surface area contributed by atoms with Crippen LogP contribution in [0.15, 0.2) is 0 Å². The lowest BCUT2D eigenvalue weighted by Crippen LogP contribution is -2.83. The third kappa shape index (κ3) is 4.57. The maximum absolute atomic E-state index is 8.43. The highest BCUT2D eigenvalue weighted by molar-refractivity contribution is 5.86. The molecule has 0 bridgehead atoms. The van der Waals surface area contributed by atoms with Gasteiger partial charge in [0.1, 0.15) is 0 Å². The fourth-order valence-electron chi connectivity index (χ4n) is 0.675. The Morgan fingerprint density at radius 2 is 0.588 bits per heavy atom. The van der Waals surface area contributed by atoms with E-state index in [-0.39, 0.29) is 37.2 Å². The zero-order valence-corrected chi connectivity index (χ0v) is 10.3. The zero-order valence-electron chi connectivity index (χ0n) is 7.83. The fraction of sp³-hybridized carbons (Fsp3) is 1.00. The predicted molar refractivity (Wildman–Crippen MR) is 56.8 cm³/mol. The minimum absolute atomic E-state index is 0. The van der Waals surface area contributed by atoms with Gasteiger partial charge in [0.2, 0.25) is 0 Å². The predicted octanol–water partition coefficient (Wildman–Crippen LogP) is -5.16. The Hall–Kier alpha value is 0.470. The molecule has 13 heteroatoms. The van der Waals surface area contributed by atoms with Gasteiger partial charge in [-0.25, -0.2) is 0 Å². The van der Waals surface area contributed by atoms with E-state index in [0.29, 0.717) is 0 Å². The van der Waals surface area contributed by atoms with Crippen molar-refractivity contribution >= 4 is 37.2 Å². The van der Waals surface area contributed by atoms with Gasteiger partial charge in [-0.1, -0.05) is 0 Å². The SMILES string of the molecule is Cl.Cl.Cl.NC(C(O)(O)O)(C(O)(O)O)C(O)(O)O. The van der Waals surface area contributed by atoms with Crippen LogP contribution in [0.4, 0.5) is 0 Å². The van der Waals surface area contributed by atoms with Crippen molar-refractivity contribution in [1.82, 2.24) is 0 Å². The Labute approximate surface area is 113 Å². The molecule has 0 unspecified atom stereocenters. The van der Waals surface area contributed by atoms with Gasteiger partial charge in [0.25, 0.3) is 5.54 Å². The second kappa shape index (κ2) is 6.58. The molecule has 0 aliphatic heterocycles. The molecular weight excluding hydrogens is 312 g/mol. The first-order valence-electron chi connectivity index (χ1n) is 3.05. The monoisotopic (exact) mass is 325 g/mol. The van der Waals surface area contributed by atoms with Gasteiger partial charge in [-0.3, -0.25) is 0 Å². The van der Waals surface area contributed by atoms with Crippen molar-refractivity contribution in [2.45, 2.75) is 23.5 Å². The minimum Gasteiger partial charge on any atom is -0.342 e. The zero-order chi connectivity index (χ0) is 12.0. The molecule has 0 amide bonds. The second-order valence-corrected chi connectivity index (χ2v) is 2.71. The topological polar surface area (TPSA) is 208 Å². The van der Waals surface area contributed by atoms with Crippen LogP contribution in [0.3, 0.4) is 0 Å². The molecule has 17 heavy (non-hydrogen) atoms. The van der Waals surface area contributed by atoms with Crippen molar-refractivity contribution < 1.29 is 46.0 Å². The van der Waals surface area contributed by atoms with E-state index >= 15 is 0 Å². The average Bonchev–Trinajstić information content (AvgIpc) is 1.77. The van der Waals surface area contributed by atoms with Crippen LogP contribution in [-0.2, 0) is 0 Å². The van der Waals surface area contributed by atoms with Crippen LogP contribution in [0.5, 0.6) is 0 Å². The van der Waals surface area contributed by atoms with Crippen molar-refractivity contribution in [1.29, 1.82) is 0 Å². The van der Waals surface area contributed by atoms with E-state index in [1.54, 1.807) is 0 Å². The Balaban J connectivity index is -0.000000282. The molecule has 110 valence electrons. The van der Waals surface area contributed by atoms with E-state index < -0.39 is 23.5 Å². The van der Waals surface area contributed by atoms with Crippen molar-refractivity contribution in [3.8, 4) is 0 Å². The summed E-state index contributed by atoms with van der Waals surface area (Å²) in [7, 11) is 0. The smallest absolute Gasteiger partial charge is 0.311 e. The Morgan fingerprint density at radius 1 is 0.471 bits per heavy atom. The molecule has 0 spiro atoms. The van der Waals surface area contributed by atoms with E-state index in [9.17, 15) is 0 Å². The van der Waals surface area contributed by atoms with E-state index in [1.807, 2.05) is 0 Å². The summed E-state index contributed by atoms with van der Waals surface area (Å²) in [6.07, 6.45) is 0. The summed E-state index contributed by atoms with van der Waals surface area (Å²) in [5.41, 5.74) is 0.292. The summed E-state index contributed by atoms with van der Waals surface area (Å²) in [5, 5.41) is 75.9. The van der Waals surface area contributed by atoms with Gasteiger partial charge in [-0.2, -0.15) is 0 Å². The van der Waals surface area contributed by atoms with E-state index in [4.69, 9.17) is 46.0 Å². The molecule has 10 nitrogen and oxygen atoms in total. The van der Waals surface area contributed by atoms with Gasteiger partial charge < -0.3 is 51.7 Å². The number of nitrogens with two attached hydrogens (primary N) is 1. The largest absolute Gasteiger partial charge is 0.342 e. The molecular formula is C4H14Cl3NO9. The number of hydrogen-bond donors (Lipinski definition) is 10. The van der Waals surface area contributed by atoms with Crippen molar-refractivity contribution in [3.63, 3.8) is 0 Å². The standard InChI is InChI=1S/C4H11NO9.3ClH/c5-1(2(6,7)8,3(9,10)11)4(12,13)14;;;/h6-14H,5H2;3*1H. The molecule has 0 aromatic rings. The molecule has 0 rings (SSSR count). The van der Waals surface area contributed by atoms with Gasteiger partial charge in [0, 0.05) is 0 Å². The maximum atomic E-state index is 8.43. The lowest BCUT2D eigenvalue weighted by Gasteiger charge is -2.45. The molecule has 11 N–H and O–H groups in total. The molecule has 0 aromatic heterocycles. The molecule has 0 saturated heterocycles. The number of aliphatic hydroxyl groups is 9. The van der Waals surface area contributed by atoms with Gasteiger partial charge in [-0.05, 0) is 0 Å². The van der Waals surface area contributed by atoms with Crippen molar-refractivity contribution in [2.24, 2.45) is 5.73 Å². The summed E-state index contributed by atoms with van der Waals surface area (Å²) in [4.78, 5) is 0. The highest BCUT2D eigenvalue weighted by atomic mass is 35.5. The molecule has 0 heterocycles. The first-order valence-corrected chi connectivity index (χ1v) is 3.05. The van der Waals surface area contributed by atoms with Gasteiger partial charge >= 0.3 is 17.9 Å². The minimum atomic E-state index is -4.40. The molecule has 0 radical (unpaired) electrons. The van der Waals surface area contributed by atoms with Gasteiger partial charge in [-0.15, -0.1) is 37.2 Å². The maximum Gasteiger partial charge on any atom is 0.311 e. The molecule has 0 aromatic carbocycles. The Kier molecular flexibility index (Phi) is 10.1. The fourth-order valence-corrected chi connectivity index (χ4v) is 0.675. The summed E-state index contributed by atoms with van der Waals surface area (Å²) in [6, 6.07) is 0. The second-order valence-electron chi connectivity index (χ2n) is 2.71. The molecule has 0 fully saturated rings. The van der Waals surface area contributed by atoms with Crippen molar-refractivity contribution in [2.75, 3.05) is 0 Å². The third-order valence-electron chi connectivity index (χ3n) is 1.59. The summed E-state index contributed by atoms with van der Waals surface area (Å²) in [5.74, 6) is -13.2. The number of rotatable bonds is 3. The van der Waals surface area contributed by atoms with Crippen LogP contribution in [-0.4, -0.2) is 69.4 Å². The highest BCUT2D eigenvalue weighted by Gasteiger charge is 2.72. The van der Waals surface area contributed by atoms with E-state index in [0.717, 1.165) is 0 Å². The first kappa shape index (κ1) is 26.1. The van der Waals surface area contributed by atoms with Crippen LogP contribution in [0, 0.1) is 0 Å². The van der Waals surface area contributed by atoms with Gasteiger partial charge in [0.15, 0.2) is 0 Å². The van der Waals surface area contributed by atoms with Crippen molar-refractivity contribution in [3.05, 3.63) is 0 Å². The van der Waals surface area contributed by atoms with Gasteiger partial charge in [0.05, 0.1) is 0 Å². The van der Waals surface area contributed by atoms with E-state index in [2.05, 4.69) is 5.73 Å². The third-order valence-corrected chi connectivity index (χ3v) is 1.59. The lowest BCUT2D eigenvalue weighted by atomic mass is 9.91. The quantitative estimate of drug-likeness (QED) is 0.223. The molecule has 0 aliphatic rings. The molecule has 0 atom stereocenters. The van der Waals surface area contributed by atoms with E-state index in [1.165, 1.54) is 0 Å². The van der Waals surface area contributed by atoms with Crippen LogP contribution in [0.25, 0.3) is 0 Å². The van der Waals surface area contributed by atoms with Crippen LogP contribution in [0.2, 0.25) is 0 Å². The molecule has 0 aliphatic carbocycles. The Bertz CT molecular complexity index is 182. The molecule has 0 saturated carbocycles. The Morgan fingerprint density at radius 3 is 0.588 bits per heavy atom. The summed E-state index contributed by atoms with van der Waals surface area (Å²) < 4.78 is 0. The number of halogens is 3.